The number of carbonyl (C=O) groups is 1. The van der Waals surface area contributed by atoms with E-state index in [9.17, 15) is 4.79 Å². The van der Waals surface area contributed by atoms with Crippen LogP contribution in [0.15, 0.2) is 18.2 Å². The van der Waals surface area contributed by atoms with Gasteiger partial charge in [0, 0.05) is 17.1 Å². The molecule has 0 unspecified atom stereocenters. The van der Waals surface area contributed by atoms with Crippen LogP contribution in [-0.2, 0) is 4.79 Å². The molecule has 1 aromatic rings. The van der Waals surface area contributed by atoms with E-state index in [1.54, 1.807) is 18.2 Å². The normalized spacial score (nSPS) is 27.7. The van der Waals surface area contributed by atoms with Gasteiger partial charge in [-0.25, -0.2) is 0 Å². The minimum absolute atomic E-state index is 0.0365. The molecule has 22 heavy (non-hydrogen) atoms. The standard InChI is InChI=1S/C17H21Cl2NO2/c1-10(14-7-11-2-3-12(14)6-11)20-17(21)9-22-16-8-13(18)4-5-15(16)19/h4-5,8,10-12,14H,2-3,6-7,9H2,1H3,(H,20,21)/t10-,11-,12-,14+/m0/s1. The highest BCUT2D eigenvalue weighted by Crippen LogP contribution is 2.49. The molecule has 1 aromatic carbocycles. The number of rotatable bonds is 5. The molecular formula is C17H21Cl2NO2. The Morgan fingerprint density at radius 3 is 2.86 bits per heavy atom. The molecule has 4 atom stereocenters. The molecule has 3 nitrogen and oxygen atoms in total. The van der Waals surface area contributed by atoms with E-state index >= 15 is 0 Å². The highest BCUT2D eigenvalue weighted by molar-refractivity contribution is 6.34. The maximum Gasteiger partial charge on any atom is 0.258 e. The van der Waals surface area contributed by atoms with Crippen LogP contribution in [0.1, 0.15) is 32.6 Å². The van der Waals surface area contributed by atoms with Crippen molar-refractivity contribution in [3.05, 3.63) is 28.2 Å². The van der Waals surface area contributed by atoms with Crippen LogP contribution < -0.4 is 10.1 Å². The molecule has 1 N–H and O–H groups in total. The Kier molecular flexibility index (Phi) is 4.84. The maximum absolute atomic E-state index is 12.1. The van der Waals surface area contributed by atoms with Gasteiger partial charge in [0.2, 0.25) is 0 Å². The Balaban J connectivity index is 1.49. The molecule has 3 rings (SSSR count). The molecule has 0 aromatic heterocycles. The van der Waals surface area contributed by atoms with Crippen LogP contribution in [0.25, 0.3) is 0 Å². The summed E-state index contributed by atoms with van der Waals surface area (Å²) >= 11 is 11.9. The van der Waals surface area contributed by atoms with Gasteiger partial charge < -0.3 is 10.1 Å². The number of benzene rings is 1. The molecule has 2 fully saturated rings. The third-order valence-corrected chi connectivity index (χ3v) is 5.62. The van der Waals surface area contributed by atoms with Gasteiger partial charge >= 0.3 is 0 Å². The van der Waals surface area contributed by atoms with E-state index in [4.69, 9.17) is 27.9 Å². The van der Waals surface area contributed by atoms with Crippen molar-refractivity contribution >= 4 is 29.1 Å². The predicted octanol–water partition coefficient (Wildman–Crippen LogP) is 4.31. The van der Waals surface area contributed by atoms with E-state index < -0.39 is 0 Å². The van der Waals surface area contributed by atoms with E-state index in [-0.39, 0.29) is 18.6 Å². The number of halogens is 2. The minimum atomic E-state index is -0.105. The molecule has 120 valence electrons. The fourth-order valence-electron chi connectivity index (χ4n) is 4.04. The predicted molar refractivity (Wildman–Crippen MR) is 88.5 cm³/mol. The largest absolute Gasteiger partial charge is 0.482 e. The molecular weight excluding hydrogens is 321 g/mol. The average Bonchev–Trinajstić information content (AvgIpc) is 3.11. The lowest BCUT2D eigenvalue weighted by Crippen LogP contribution is -2.42. The first-order valence-electron chi connectivity index (χ1n) is 7.90. The molecule has 0 heterocycles. The third-order valence-electron chi connectivity index (χ3n) is 5.08. The molecule has 0 saturated heterocycles. The zero-order valence-electron chi connectivity index (χ0n) is 12.6. The number of fused-ring (bicyclic) bond motifs is 2. The highest BCUT2D eigenvalue weighted by atomic mass is 35.5. The van der Waals surface area contributed by atoms with Crippen molar-refractivity contribution in [1.29, 1.82) is 0 Å². The molecule has 2 aliphatic carbocycles. The summed E-state index contributed by atoms with van der Waals surface area (Å²) in [4.78, 5) is 12.1. The smallest absolute Gasteiger partial charge is 0.258 e. The van der Waals surface area contributed by atoms with Gasteiger partial charge in [-0.2, -0.15) is 0 Å². The van der Waals surface area contributed by atoms with Gasteiger partial charge in [0.15, 0.2) is 6.61 Å². The van der Waals surface area contributed by atoms with Crippen LogP contribution in [0, 0.1) is 17.8 Å². The molecule has 0 spiro atoms. The van der Waals surface area contributed by atoms with Gasteiger partial charge in [0.1, 0.15) is 5.75 Å². The second-order valence-electron chi connectivity index (χ2n) is 6.56. The van der Waals surface area contributed by atoms with Crippen LogP contribution in [0.4, 0.5) is 0 Å². The van der Waals surface area contributed by atoms with Crippen molar-refractivity contribution in [3.63, 3.8) is 0 Å². The summed E-state index contributed by atoms with van der Waals surface area (Å²) in [6, 6.07) is 5.18. The molecule has 2 saturated carbocycles. The van der Waals surface area contributed by atoms with E-state index in [1.807, 2.05) is 0 Å². The molecule has 0 aliphatic heterocycles. The zero-order chi connectivity index (χ0) is 15.7. The monoisotopic (exact) mass is 341 g/mol. The Bertz CT molecular complexity index is 564. The topological polar surface area (TPSA) is 38.3 Å². The summed E-state index contributed by atoms with van der Waals surface area (Å²) in [5.74, 6) is 2.64. The number of nitrogens with one attached hydrogen (secondary N) is 1. The van der Waals surface area contributed by atoms with Gasteiger partial charge in [0.05, 0.1) is 5.02 Å². The fraction of sp³-hybridized carbons (Fsp3) is 0.588. The summed E-state index contributed by atoms with van der Waals surface area (Å²) in [5, 5.41) is 4.06. The van der Waals surface area contributed by atoms with Crippen molar-refractivity contribution < 1.29 is 9.53 Å². The summed E-state index contributed by atoms with van der Waals surface area (Å²) < 4.78 is 5.48. The van der Waals surface area contributed by atoms with Crippen molar-refractivity contribution in [1.82, 2.24) is 5.32 Å². The minimum Gasteiger partial charge on any atom is -0.482 e. The maximum atomic E-state index is 12.1. The summed E-state index contributed by atoms with van der Waals surface area (Å²) in [6.07, 6.45) is 5.30. The first kappa shape index (κ1) is 15.9. The van der Waals surface area contributed by atoms with Crippen LogP contribution in [0.3, 0.4) is 0 Å². The number of carbonyl (C=O) groups excluding carboxylic acids is 1. The Morgan fingerprint density at radius 2 is 2.18 bits per heavy atom. The molecule has 2 aliphatic rings. The van der Waals surface area contributed by atoms with Gasteiger partial charge in [-0.15, -0.1) is 0 Å². The first-order valence-corrected chi connectivity index (χ1v) is 8.65. The quantitative estimate of drug-likeness (QED) is 0.866. The van der Waals surface area contributed by atoms with E-state index in [0.717, 1.165) is 11.8 Å². The van der Waals surface area contributed by atoms with E-state index in [1.165, 1.54) is 25.7 Å². The molecule has 0 radical (unpaired) electrons. The van der Waals surface area contributed by atoms with Crippen LogP contribution in [-0.4, -0.2) is 18.6 Å². The lowest BCUT2D eigenvalue weighted by Gasteiger charge is -2.28. The van der Waals surface area contributed by atoms with Gasteiger partial charge in [-0.3, -0.25) is 4.79 Å². The van der Waals surface area contributed by atoms with Gasteiger partial charge in [-0.1, -0.05) is 29.6 Å². The number of ether oxygens (including phenoxy) is 1. The van der Waals surface area contributed by atoms with Crippen molar-refractivity contribution in [3.8, 4) is 5.75 Å². The molecule has 5 heteroatoms. The van der Waals surface area contributed by atoms with E-state index in [2.05, 4.69) is 12.2 Å². The van der Waals surface area contributed by atoms with Crippen LogP contribution in [0.2, 0.25) is 10.0 Å². The summed E-state index contributed by atoms with van der Waals surface area (Å²) in [6.45, 7) is 2.07. The number of hydrogen-bond donors (Lipinski definition) is 1. The Morgan fingerprint density at radius 1 is 1.36 bits per heavy atom. The van der Waals surface area contributed by atoms with Gasteiger partial charge in [0.25, 0.3) is 5.91 Å². The Labute approximate surface area is 141 Å². The average molecular weight is 342 g/mol. The van der Waals surface area contributed by atoms with Crippen LogP contribution >= 0.6 is 23.2 Å². The molecule has 1 amide bonds. The highest BCUT2D eigenvalue weighted by Gasteiger charge is 2.42. The fourth-order valence-corrected chi connectivity index (χ4v) is 4.37. The summed E-state index contributed by atoms with van der Waals surface area (Å²) in [7, 11) is 0. The SMILES string of the molecule is C[C@H](NC(=O)COc1cc(Cl)ccc1Cl)[C@H]1C[C@H]2CC[C@H]1C2. The number of amides is 1. The second kappa shape index (κ2) is 6.67. The van der Waals surface area contributed by atoms with Gasteiger partial charge in [-0.05, 0) is 56.1 Å². The first-order chi connectivity index (χ1) is 10.5. The lowest BCUT2D eigenvalue weighted by atomic mass is 9.84. The van der Waals surface area contributed by atoms with E-state index in [0.29, 0.717) is 21.7 Å². The van der Waals surface area contributed by atoms with Crippen molar-refractivity contribution in [2.75, 3.05) is 6.61 Å². The Hall–Kier alpha value is -0.930. The molecule has 2 bridgehead atoms. The van der Waals surface area contributed by atoms with Crippen molar-refractivity contribution in [2.45, 2.75) is 38.6 Å². The van der Waals surface area contributed by atoms with Crippen molar-refractivity contribution in [2.24, 2.45) is 17.8 Å². The summed E-state index contributed by atoms with van der Waals surface area (Å²) in [5.41, 5.74) is 0. The lowest BCUT2D eigenvalue weighted by molar-refractivity contribution is -0.124. The number of hydrogen-bond acceptors (Lipinski definition) is 2. The third kappa shape index (κ3) is 3.52. The second-order valence-corrected chi connectivity index (χ2v) is 7.40. The zero-order valence-corrected chi connectivity index (χ0v) is 14.2. The van der Waals surface area contributed by atoms with Crippen LogP contribution in [0.5, 0.6) is 5.75 Å².